The molecule has 0 saturated carbocycles. The van der Waals surface area contributed by atoms with Crippen LogP contribution >= 0.6 is 11.8 Å². The van der Waals surface area contributed by atoms with Crippen molar-refractivity contribution in [2.75, 3.05) is 48.6 Å². The molecule has 3 rings (SSSR count). The Morgan fingerprint density at radius 2 is 1.93 bits per heavy atom. The number of nitrogens with one attached hydrogen (secondary N) is 1. The van der Waals surface area contributed by atoms with Gasteiger partial charge in [0.25, 0.3) is 0 Å². The summed E-state index contributed by atoms with van der Waals surface area (Å²) >= 11 is 1.82. The highest BCUT2D eigenvalue weighted by atomic mass is 32.2. The van der Waals surface area contributed by atoms with Crippen molar-refractivity contribution in [3.05, 3.63) is 23.8 Å². The maximum absolute atomic E-state index is 14.9. The Balaban J connectivity index is 1.77. The number of hydrogen-bond acceptors (Lipinski definition) is 6. The van der Waals surface area contributed by atoms with Crippen LogP contribution in [0.1, 0.15) is 12.8 Å². The monoisotopic (exact) mass is 429 g/mol. The Morgan fingerprint density at radius 3 is 2.45 bits per heavy atom. The van der Waals surface area contributed by atoms with Crippen LogP contribution in [0.25, 0.3) is 0 Å². The van der Waals surface area contributed by atoms with Gasteiger partial charge in [-0.05, 0) is 25.0 Å². The zero-order valence-corrected chi connectivity index (χ0v) is 17.2. The number of benzene rings is 1. The lowest BCUT2D eigenvalue weighted by atomic mass is 10.1. The molecule has 160 valence electrons. The van der Waals surface area contributed by atoms with Gasteiger partial charge in [-0.3, -0.25) is 4.79 Å². The van der Waals surface area contributed by atoms with Crippen molar-refractivity contribution in [2.45, 2.75) is 31.0 Å². The van der Waals surface area contributed by atoms with E-state index in [4.69, 9.17) is 4.74 Å². The molecule has 1 N–H and O–H groups in total. The number of carbonyl (C=O) groups excluding carboxylic acids is 2. The number of rotatable bonds is 8. The van der Waals surface area contributed by atoms with E-state index in [9.17, 15) is 18.4 Å². The molecule has 0 aromatic heterocycles. The van der Waals surface area contributed by atoms with Crippen LogP contribution in [0.15, 0.2) is 12.1 Å². The predicted octanol–water partition coefficient (Wildman–Crippen LogP) is 2.38. The van der Waals surface area contributed by atoms with Gasteiger partial charge in [0.2, 0.25) is 6.41 Å². The lowest BCUT2D eigenvalue weighted by molar-refractivity contribution is -0.107. The van der Waals surface area contributed by atoms with Crippen molar-refractivity contribution >= 4 is 35.6 Å². The fraction of sp³-hybridized carbons (Fsp3) is 0.579. The molecule has 10 heteroatoms. The molecule has 1 aromatic carbocycles. The van der Waals surface area contributed by atoms with Crippen LogP contribution in [0, 0.1) is 11.6 Å². The van der Waals surface area contributed by atoms with Crippen LogP contribution < -0.4 is 15.1 Å². The lowest BCUT2D eigenvalue weighted by Gasteiger charge is -2.37. The van der Waals surface area contributed by atoms with E-state index in [1.54, 1.807) is 0 Å². The van der Waals surface area contributed by atoms with Gasteiger partial charge in [0, 0.05) is 42.9 Å². The Bertz CT molecular complexity index is 715. The van der Waals surface area contributed by atoms with Gasteiger partial charge in [-0.25, -0.2) is 13.6 Å². The first-order valence-corrected chi connectivity index (χ1v) is 10.6. The third-order valence-electron chi connectivity index (χ3n) is 5.35. The molecule has 7 nitrogen and oxygen atoms in total. The summed E-state index contributed by atoms with van der Waals surface area (Å²) in [5, 5.41) is 2.47. The van der Waals surface area contributed by atoms with Crippen molar-refractivity contribution in [3.63, 3.8) is 0 Å². The molecule has 2 fully saturated rings. The van der Waals surface area contributed by atoms with E-state index in [1.807, 2.05) is 16.7 Å². The highest BCUT2D eigenvalue weighted by molar-refractivity contribution is 7.99. The second-order valence-corrected chi connectivity index (χ2v) is 8.15. The number of alkyl carbamates (subject to hydrolysis) is 1. The molecule has 0 radical (unpaired) electrons. The Morgan fingerprint density at radius 1 is 1.31 bits per heavy atom. The van der Waals surface area contributed by atoms with Crippen molar-refractivity contribution in [1.29, 1.82) is 0 Å². The third kappa shape index (κ3) is 4.75. The van der Waals surface area contributed by atoms with Crippen LogP contribution in [0.4, 0.5) is 25.0 Å². The van der Waals surface area contributed by atoms with E-state index in [0.29, 0.717) is 6.41 Å². The maximum atomic E-state index is 14.9. The summed E-state index contributed by atoms with van der Waals surface area (Å²) in [5.74, 6) is 0.357. The average Bonchev–Trinajstić information content (AvgIpc) is 2.94. The van der Waals surface area contributed by atoms with Gasteiger partial charge in [-0.1, -0.05) is 0 Å². The molecule has 2 unspecified atom stereocenters. The minimum absolute atomic E-state index is 0.00776. The van der Waals surface area contributed by atoms with Crippen molar-refractivity contribution in [1.82, 2.24) is 5.32 Å². The summed E-state index contributed by atoms with van der Waals surface area (Å²) in [5.41, 5.74) is 0.0839. The van der Waals surface area contributed by atoms with E-state index in [-0.39, 0.29) is 36.5 Å². The second-order valence-electron chi connectivity index (χ2n) is 7.08. The van der Waals surface area contributed by atoms with Crippen molar-refractivity contribution in [3.8, 4) is 0 Å². The normalized spacial score (nSPS) is 21.6. The zero-order valence-electron chi connectivity index (χ0n) is 16.4. The highest BCUT2D eigenvalue weighted by Crippen LogP contribution is 2.41. The number of halogens is 2. The fourth-order valence-electron chi connectivity index (χ4n) is 3.88. The first-order chi connectivity index (χ1) is 14.0. The molecule has 2 amide bonds. The first kappa shape index (κ1) is 21.6. The van der Waals surface area contributed by atoms with Crippen molar-refractivity contribution in [2.24, 2.45) is 0 Å². The van der Waals surface area contributed by atoms with Gasteiger partial charge in [-0.15, -0.1) is 0 Å². The summed E-state index contributed by atoms with van der Waals surface area (Å²) in [6, 6.07) is 2.62. The van der Waals surface area contributed by atoms with Crippen LogP contribution in [0.3, 0.4) is 0 Å². The van der Waals surface area contributed by atoms with E-state index in [1.165, 1.54) is 26.4 Å². The first-order valence-electron chi connectivity index (χ1n) is 9.40. The third-order valence-corrected chi connectivity index (χ3v) is 6.59. The number of ether oxygens (including phenoxy) is 2. The SMILES string of the molecule is COC(=O)NC[C@@H](CN(C=O)c1cc(F)c(N2C3CCC2CSC3)c(F)c1)OC. The van der Waals surface area contributed by atoms with E-state index in [2.05, 4.69) is 10.1 Å². The van der Waals surface area contributed by atoms with Crippen LogP contribution in [-0.4, -0.2) is 69.5 Å². The Kier molecular flexibility index (Phi) is 7.18. The summed E-state index contributed by atoms with van der Waals surface area (Å²) in [6.07, 6.45) is 1.13. The molecule has 2 bridgehead atoms. The maximum Gasteiger partial charge on any atom is 0.406 e. The Hall–Kier alpha value is -2.07. The molecule has 2 aliphatic rings. The molecule has 2 aliphatic heterocycles. The number of thioether (sulfide) groups is 1. The number of nitrogens with zero attached hydrogens (tertiary/aromatic N) is 2. The highest BCUT2D eigenvalue weighted by Gasteiger charge is 2.39. The minimum atomic E-state index is -0.683. The number of hydrogen-bond donors (Lipinski definition) is 1. The lowest BCUT2D eigenvalue weighted by Crippen LogP contribution is -2.44. The van der Waals surface area contributed by atoms with E-state index in [0.717, 1.165) is 29.2 Å². The van der Waals surface area contributed by atoms with Crippen LogP contribution in [0.5, 0.6) is 0 Å². The van der Waals surface area contributed by atoms with Gasteiger partial charge >= 0.3 is 6.09 Å². The molecule has 2 heterocycles. The van der Waals surface area contributed by atoms with Crippen LogP contribution in [-0.2, 0) is 14.3 Å². The Labute approximate surface area is 172 Å². The molecule has 0 aliphatic carbocycles. The fourth-order valence-corrected chi connectivity index (χ4v) is 5.21. The topological polar surface area (TPSA) is 71.1 Å². The summed E-state index contributed by atoms with van der Waals surface area (Å²) in [6.45, 7) is 0.0825. The second kappa shape index (κ2) is 9.62. The summed E-state index contributed by atoms with van der Waals surface area (Å²) in [4.78, 5) is 25.8. The number of anilines is 2. The molecule has 0 spiro atoms. The van der Waals surface area contributed by atoms with E-state index < -0.39 is 23.8 Å². The molecule has 29 heavy (non-hydrogen) atoms. The molecule has 3 atom stereocenters. The van der Waals surface area contributed by atoms with Gasteiger partial charge in [0.05, 0.1) is 19.8 Å². The van der Waals surface area contributed by atoms with Gasteiger partial charge < -0.3 is 24.6 Å². The zero-order chi connectivity index (χ0) is 21.0. The standard InChI is InChI=1S/C19H25F2N3O4S/c1-27-15(7-22-19(26)28-2)8-23(11-25)14-5-16(20)18(17(21)6-14)24-12-3-4-13(24)10-29-9-12/h5-6,11-13,15H,3-4,7-10H2,1-2H3,(H,22,26)/t12?,13?,15-/m0/s1. The summed E-state index contributed by atoms with van der Waals surface area (Å²) < 4.78 is 39.6. The number of carbonyl (C=O) groups is 2. The molecular formula is C19H25F2N3O4S. The number of amides is 2. The van der Waals surface area contributed by atoms with E-state index >= 15 is 0 Å². The molecule has 2 saturated heterocycles. The van der Waals surface area contributed by atoms with Gasteiger partial charge in [0.1, 0.15) is 5.69 Å². The average molecular weight is 429 g/mol. The number of fused-ring (bicyclic) bond motifs is 2. The van der Waals surface area contributed by atoms with Crippen molar-refractivity contribution < 1.29 is 27.8 Å². The van der Waals surface area contributed by atoms with Crippen LogP contribution in [0.2, 0.25) is 0 Å². The van der Waals surface area contributed by atoms with Gasteiger partial charge in [-0.2, -0.15) is 11.8 Å². The quantitative estimate of drug-likeness (QED) is 0.640. The number of methoxy groups -OCH3 is 2. The predicted molar refractivity (Wildman–Crippen MR) is 108 cm³/mol. The minimum Gasteiger partial charge on any atom is -0.453 e. The van der Waals surface area contributed by atoms with Gasteiger partial charge in [0.15, 0.2) is 11.6 Å². The molecular weight excluding hydrogens is 404 g/mol. The molecule has 1 aromatic rings. The smallest absolute Gasteiger partial charge is 0.406 e. The summed E-state index contributed by atoms with van der Waals surface area (Å²) in [7, 11) is 2.65. The largest absolute Gasteiger partial charge is 0.453 e.